The summed E-state index contributed by atoms with van der Waals surface area (Å²) in [6.07, 6.45) is 2.71. The highest BCUT2D eigenvalue weighted by Crippen LogP contribution is 2.44. The first-order valence-electron chi connectivity index (χ1n) is 12.1. The highest BCUT2D eigenvalue weighted by atomic mass is 16.5. The SMILES string of the molecule is C[C@]1(C(=O)O)CCCN1C(=O)C1CCCC1NC(=O)OCC1c2ccccc2-c2ccccc21. The van der Waals surface area contributed by atoms with Gasteiger partial charge in [-0.1, -0.05) is 55.0 Å². The summed E-state index contributed by atoms with van der Waals surface area (Å²) in [6.45, 7) is 2.27. The molecule has 2 aromatic rings. The number of nitrogens with zero attached hydrogens (tertiary/aromatic N) is 1. The minimum atomic E-state index is -1.17. The quantitative estimate of drug-likeness (QED) is 0.696. The standard InChI is InChI=1S/C27H30N2O5/c1-27(25(31)32)14-7-15-29(27)24(30)21-12-6-13-23(21)28-26(33)34-16-22-19-10-4-2-8-17(19)18-9-3-5-11-20(18)22/h2-5,8-11,21-23H,6-7,12-16H2,1H3,(H,28,33)(H,31,32)/t21?,23?,27-/m1/s1. The van der Waals surface area contributed by atoms with E-state index < -0.39 is 23.5 Å². The van der Waals surface area contributed by atoms with Gasteiger partial charge >= 0.3 is 12.1 Å². The van der Waals surface area contributed by atoms with Crippen molar-refractivity contribution in [2.75, 3.05) is 13.2 Å². The number of fused-ring (bicyclic) bond motifs is 3. The number of ether oxygens (including phenoxy) is 1. The van der Waals surface area contributed by atoms with E-state index >= 15 is 0 Å². The fourth-order valence-corrected chi connectivity index (χ4v) is 5.96. The number of amides is 2. The molecule has 0 spiro atoms. The molecule has 7 nitrogen and oxygen atoms in total. The summed E-state index contributed by atoms with van der Waals surface area (Å²) >= 11 is 0. The van der Waals surface area contributed by atoms with E-state index in [9.17, 15) is 19.5 Å². The molecule has 2 unspecified atom stereocenters. The van der Waals surface area contributed by atoms with Gasteiger partial charge in [0.15, 0.2) is 0 Å². The van der Waals surface area contributed by atoms with Crippen LogP contribution in [0.3, 0.4) is 0 Å². The summed E-state index contributed by atoms with van der Waals surface area (Å²) in [4.78, 5) is 39.3. The van der Waals surface area contributed by atoms with Gasteiger partial charge in [0, 0.05) is 18.5 Å². The molecule has 2 aliphatic carbocycles. The van der Waals surface area contributed by atoms with E-state index in [0.29, 0.717) is 32.2 Å². The molecule has 1 heterocycles. The minimum Gasteiger partial charge on any atom is -0.480 e. The van der Waals surface area contributed by atoms with Crippen molar-refractivity contribution in [1.82, 2.24) is 10.2 Å². The van der Waals surface area contributed by atoms with Crippen LogP contribution in [0.2, 0.25) is 0 Å². The lowest BCUT2D eigenvalue weighted by Gasteiger charge is -2.34. The van der Waals surface area contributed by atoms with Crippen molar-refractivity contribution >= 4 is 18.0 Å². The highest BCUT2D eigenvalue weighted by Gasteiger charge is 2.49. The van der Waals surface area contributed by atoms with Crippen molar-refractivity contribution in [2.24, 2.45) is 5.92 Å². The molecule has 2 aromatic carbocycles. The lowest BCUT2D eigenvalue weighted by molar-refractivity contribution is -0.157. The van der Waals surface area contributed by atoms with Crippen LogP contribution in [0, 0.1) is 5.92 Å². The van der Waals surface area contributed by atoms with Gasteiger partial charge in [0.05, 0.1) is 5.92 Å². The number of rotatable bonds is 5. The second kappa shape index (κ2) is 8.78. The molecule has 2 N–H and O–H groups in total. The van der Waals surface area contributed by atoms with E-state index in [1.54, 1.807) is 6.92 Å². The lowest BCUT2D eigenvalue weighted by Crippen LogP contribution is -2.54. The van der Waals surface area contributed by atoms with Crippen molar-refractivity contribution in [3.8, 4) is 11.1 Å². The van der Waals surface area contributed by atoms with Crippen molar-refractivity contribution < 1.29 is 24.2 Å². The predicted octanol–water partition coefficient (Wildman–Crippen LogP) is 4.16. The van der Waals surface area contributed by atoms with Gasteiger partial charge in [0.25, 0.3) is 0 Å². The number of nitrogens with one attached hydrogen (secondary N) is 1. The average Bonchev–Trinajstić information content (AvgIpc) is 3.54. The predicted molar refractivity (Wildman–Crippen MR) is 126 cm³/mol. The number of carbonyl (C=O) groups is 3. The van der Waals surface area contributed by atoms with Gasteiger partial charge in [0.2, 0.25) is 5.91 Å². The number of likely N-dealkylation sites (tertiary alicyclic amines) is 1. The first-order valence-corrected chi connectivity index (χ1v) is 12.1. The Morgan fingerprint density at radius 2 is 1.68 bits per heavy atom. The summed E-state index contributed by atoms with van der Waals surface area (Å²) < 4.78 is 5.67. The molecule has 2 fully saturated rings. The van der Waals surface area contributed by atoms with Crippen molar-refractivity contribution in [3.63, 3.8) is 0 Å². The largest absolute Gasteiger partial charge is 0.480 e. The Hall–Kier alpha value is -3.35. The fourth-order valence-electron chi connectivity index (χ4n) is 5.96. The molecule has 0 aromatic heterocycles. The maximum Gasteiger partial charge on any atom is 0.407 e. The molecule has 178 valence electrons. The Bertz CT molecular complexity index is 1090. The van der Waals surface area contributed by atoms with Crippen LogP contribution in [0.4, 0.5) is 4.79 Å². The molecule has 34 heavy (non-hydrogen) atoms. The van der Waals surface area contributed by atoms with Crippen molar-refractivity contribution in [1.29, 1.82) is 0 Å². The molecule has 3 atom stereocenters. The molecule has 5 rings (SSSR count). The molecule has 1 aliphatic heterocycles. The minimum absolute atomic E-state index is 0.0277. The van der Waals surface area contributed by atoms with E-state index in [2.05, 4.69) is 29.6 Å². The van der Waals surface area contributed by atoms with Crippen LogP contribution in [-0.4, -0.2) is 52.7 Å². The zero-order valence-corrected chi connectivity index (χ0v) is 19.3. The molecule has 7 heteroatoms. The highest BCUT2D eigenvalue weighted by molar-refractivity contribution is 5.89. The zero-order valence-electron chi connectivity index (χ0n) is 19.3. The lowest BCUT2D eigenvalue weighted by atomic mass is 9.95. The maximum atomic E-state index is 13.3. The average molecular weight is 463 g/mol. The van der Waals surface area contributed by atoms with E-state index in [1.165, 1.54) is 16.0 Å². The van der Waals surface area contributed by atoms with Gasteiger partial charge < -0.3 is 20.1 Å². The Balaban J connectivity index is 1.24. The second-order valence-electron chi connectivity index (χ2n) is 9.79. The number of aliphatic carboxylic acids is 1. The third-order valence-corrected chi connectivity index (χ3v) is 7.85. The molecule has 0 bridgehead atoms. The number of hydrogen-bond donors (Lipinski definition) is 2. The van der Waals surface area contributed by atoms with E-state index in [-0.39, 0.29) is 24.5 Å². The molecule has 2 amide bonds. The number of carboxylic acid groups (broad SMARTS) is 1. The van der Waals surface area contributed by atoms with Gasteiger partial charge in [-0.2, -0.15) is 0 Å². The van der Waals surface area contributed by atoms with Gasteiger partial charge in [0.1, 0.15) is 12.1 Å². The summed E-state index contributed by atoms with van der Waals surface area (Å²) in [5.74, 6) is -1.60. The first-order chi connectivity index (χ1) is 16.4. The van der Waals surface area contributed by atoms with Crippen LogP contribution >= 0.6 is 0 Å². The zero-order chi connectivity index (χ0) is 23.9. The van der Waals surface area contributed by atoms with Crippen LogP contribution in [0.1, 0.15) is 56.1 Å². The smallest absolute Gasteiger partial charge is 0.407 e. The Morgan fingerprint density at radius 3 is 2.32 bits per heavy atom. The van der Waals surface area contributed by atoms with Crippen LogP contribution in [0.5, 0.6) is 0 Å². The van der Waals surface area contributed by atoms with Crippen LogP contribution < -0.4 is 5.32 Å². The fraction of sp³-hybridized carbons (Fsp3) is 0.444. The van der Waals surface area contributed by atoms with Gasteiger partial charge in [-0.3, -0.25) is 4.79 Å². The molecule has 0 radical (unpaired) electrons. The summed E-state index contributed by atoms with van der Waals surface area (Å²) in [6, 6.07) is 16.0. The number of hydrogen-bond acceptors (Lipinski definition) is 4. The van der Waals surface area contributed by atoms with Gasteiger partial charge in [-0.05, 0) is 54.9 Å². The Labute approximate surface area is 199 Å². The van der Waals surface area contributed by atoms with Gasteiger partial charge in [-0.15, -0.1) is 0 Å². The number of benzene rings is 2. The Morgan fingerprint density at radius 1 is 1.03 bits per heavy atom. The monoisotopic (exact) mass is 462 g/mol. The molecule has 3 aliphatic rings. The number of carboxylic acids is 1. The second-order valence-corrected chi connectivity index (χ2v) is 9.79. The molecular formula is C27H30N2O5. The van der Waals surface area contributed by atoms with Crippen LogP contribution in [0.25, 0.3) is 11.1 Å². The summed E-state index contributed by atoms with van der Waals surface area (Å²) in [7, 11) is 0. The summed E-state index contributed by atoms with van der Waals surface area (Å²) in [5.41, 5.74) is 3.45. The van der Waals surface area contributed by atoms with Crippen molar-refractivity contribution in [3.05, 3.63) is 59.7 Å². The van der Waals surface area contributed by atoms with Crippen LogP contribution in [-0.2, 0) is 14.3 Å². The van der Waals surface area contributed by atoms with Gasteiger partial charge in [-0.25, -0.2) is 9.59 Å². The van der Waals surface area contributed by atoms with Crippen molar-refractivity contribution in [2.45, 2.75) is 56.5 Å². The topological polar surface area (TPSA) is 95.9 Å². The van der Waals surface area contributed by atoms with E-state index in [0.717, 1.165) is 17.5 Å². The normalized spacial score (nSPS) is 25.6. The maximum absolute atomic E-state index is 13.3. The third kappa shape index (κ3) is 3.73. The number of carbonyl (C=O) groups excluding carboxylic acids is 2. The van der Waals surface area contributed by atoms with E-state index in [1.807, 2.05) is 24.3 Å². The Kier molecular flexibility index (Phi) is 5.80. The summed E-state index contributed by atoms with van der Waals surface area (Å²) in [5, 5.41) is 12.6. The molecule has 1 saturated heterocycles. The first kappa shape index (κ1) is 22.4. The number of alkyl carbamates (subject to hydrolysis) is 1. The van der Waals surface area contributed by atoms with Crippen LogP contribution in [0.15, 0.2) is 48.5 Å². The molecular weight excluding hydrogens is 432 g/mol. The van der Waals surface area contributed by atoms with E-state index in [4.69, 9.17) is 4.74 Å². The third-order valence-electron chi connectivity index (χ3n) is 7.85. The molecule has 1 saturated carbocycles.